The summed E-state index contributed by atoms with van der Waals surface area (Å²) in [6.07, 6.45) is 0. The molecule has 19 heavy (non-hydrogen) atoms. The fourth-order valence-corrected chi connectivity index (χ4v) is 2.47. The first-order valence-electron chi connectivity index (χ1n) is 6.71. The van der Waals surface area contributed by atoms with Crippen molar-refractivity contribution >= 4 is 5.69 Å². The zero-order valence-corrected chi connectivity index (χ0v) is 11.4. The zero-order chi connectivity index (χ0) is 13.2. The highest BCUT2D eigenvalue weighted by Gasteiger charge is 2.16. The fraction of sp³-hybridized carbons (Fsp3) is 0.222. The molecule has 1 nitrogen and oxygen atoms in total. The summed E-state index contributed by atoms with van der Waals surface area (Å²) in [6.45, 7) is 5.38. The second-order valence-corrected chi connectivity index (χ2v) is 5.15. The Labute approximate surface area is 114 Å². The summed E-state index contributed by atoms with van der Waals surface area (Å²) in [5.41, 5.74) is 4.80. The Morgan fingerprint density at radius 2 is 1.53 bits per heavy atom. The summed E-state index contributed by atoms with van der Waals surface area (Å²) >= 11 is 0. The summed E-state index contributed by atoms with van der Waals surface area (Å²) in [4.78, 5) is 2.42. The van der Waals surface area contributed by atoms with E-state index >= 15 is 0 Å². The van der Waals surface area contributed by atoms with Crippen LogP contribution in [0.15, 0.2) is 48.5 Å². The molecule has 3 rings (SSSR count). The maximum Gasteiger partial charge on any atom is 0.0530 e. The van der Waals surface area contributed by atoms with Gasteiger partial charge >= 0.3 is 0 Å². The Balaban J connectivity index is 2.20. The third kappa shape index (κ3) is 2.22. The average molecular weight is 247 g/mol. The predicted molar refractivity (Wildman–Crippen MR) is 80.2 cm³/mol. The van der Waals surface area contributed by atoms with Crippen LogP contribution in [0.2, 0.25) is 0 Å². The van der Waals surface area contributed by atoms with Gasteiger partial charge in [-0.25, -0.2) is 0 Å². The van der Waals surface area contributed by atoms with E-state index in [2.05, 4.69) is 79.1 Å². The minimum absolute atomic E-state index is 0.453. The van der Waals surface area contributed by atoms with Crippen LogP contribution in [0.3, 0.4) is 0 Å². The first kappa shape index (κ1) is 11.9. The van der Waals surface area contributed by atoms with Crippen molar-refractivity contribution in [1.29, 1.82) is 0 Å². The third-order valence-electron chi connectivity index (χ3n) is 3.53. The molecule has 0 saturated heterocycles. The van der Waals surface area contributed by atoms with Crippen LogP contribution in [-0.2, 0) is 6.54 Å². The van der Waals surface area contributed by atoms with E-state index in [-0.39, 0.29) is 0 Å². The molecule has 1 heteroatoms. The van der Waals surface area contributed by atoms with Gasteiger partial charge in [0.25, 0.3) is 0 Å². The number of nitrogens with zero attached hydrogens (tertiary/aromatic N) is 1. The Morgan fingerprint density at radius 1 is 0.895 bits per heavy atom. The number of fused-ring (bicyclic) bond motifs is 2. The SMILES string of the molecule is CC(C)N1Cc2ccccc2C#Cc2ccccc21. The van der Waals surface area contributed by atoms with E-state index in [4.69, 9.17) is 0 Å². The fourth-order valence-electron chi connectivity index (χ4n) is 2.47. The van der Waals surface area contributed by atoms with Crippen molar-refractivity contribution in [3.05, 3.63) is 65.2 Å². The van der Waals surface area contributed by atoms with Crippen molar-refractivity contribution in [3.63, 3.8) is 0 Å². The molecule has 0 aliphatic carbocycles. The molecule has 2 aromatic carbocycles. The number of hydrogen-bond acceptors (Lipinski definition) is 1. The lowest BCUT2D eigenvalue weighted by atomic mass is 10.0. The Bertz CT molecular complexity index is 659. The number of benzene rings is 2. The topological polar surface area (TPSA) is 3.24 Å². The van der Waals surface area contributed by atoms with Crippen molar-refractivity contribution in [1.82, 2.24) is 0 Å². The highest BCUT2D eigenvalue weighted by Crippen LogP contribution is 2.26. The van der Waals surface area contributed by atoms with Gasteiger partial charge < -0.3 is 4.90 Å². The van der Waals surface area contributed by atoms with Crippen molar-refractivity contribution < 1.29 is 0 Å². The van der Waals surface area contributed by atoms with Gasteiger partial charge in [0.15, 0.2) is 0 Å². The van der Waals surface area contributed by atoms with Crippen molar-refractivity contribution in [2.24, 2.45) is 0 Å². The summed E-state index contributed by atoms with van der Waals surface area (Å²) < 4.78 is 0. The number of anilines is 1. The van der Waals surface area contributed by atoms with Crippen LogP contribution < -0.4 is 4.90 Å². The summed E-state index contributed by atoms with van der Waals surface area (Å²) in [6, 6.07) is 17.3. The molecule has 0 radical (unpaired) electrons. The van der Waals surface area contributed by atoms with Crippen LogP contribution in [0.5, 0.6) is 0 Å². The first-order valence-corrected chi connectivity index (χ1v) is 6.71. The van der Waals surface area contributed by atoms with E-state index in [0.717, 1.165) is 17.7 Å². The van der Waals surface area contributed by atoms with E-state index in [1.54, 1.807) is 0 Å². The highest BCUT2D eigenvalue weighted by molar-refractivity contribution is 5.64. The van der Waals surface area contributed by atoms with Crippen LogP contribution in [0.4, 0.5) is 5.69 Å². The molecule has 0 fully saturated rings. The van der Waals surface area contributed by atoms with Crippen LogP contribution in [0, 0.1) is 11.8 Å². The number of para-hydroxylation sites is 1. The number of hydrogen-bond donors (Lipinski definition) is 0. The molecule has 1 aliphatic heterocycles. The van der Waals surface area contributed by atoms with Crippen molar-refractivity contribution in [2.75, 3.05) is 4.90 Å². The van der Waals surface area contributed by atoms with Gasteiger partial charge in [-0.1, -0.05) is 42.2 Å². The lowest BCUT2D eigenvalue weighted by Gasteiger charge is -2.31. The number of rotatable bonds is 1. The molecular formula is C18H17N. The van der Waals surface area contributed by atoms with Gasteiger partial charge in [-0.2, -0.15) is 0 Å². The molecule has 0 atom stereocenters. The lowest BCUT2D eigenvalue weighted by molar-refractivity contribution is 0.681. The van der Waals surface area contributed by atoms with Gasteiger partial charge in [-0.15, -0.1) is 0 Å². The quantitative estimate of drug-likeness (QED) is 0.693. The second-order valence-electron chi connectivity index (χ2n) is 5.15. The summed E-state index contributed by atoms with van der Waals surface area (Å²) in [7, 11) is 0. The van der Waals surface area contributed by atoms with E-state index < -0.39 is 0 Å². The average Bonchev–Trinajstić information content (AvgIpc) is 2.41. The van der Waals surface area contributed by atoms with Gasteiger partial charge in [0.2, 0.25) is 0 Å². The van der Waals surface area contributed by atoms with Crippen LogP contribution in [-0.4, -0.2) is 6.04 Å². The highest BCUT2D eigenvalue weighted by atomic mass is 15.2. The maximum atomic E-state index is 3.31. The molecule has 94 valence electrons. The van der Waals surface area contributed by atoms with Crippen molar-refractivity contribution in [2.45, 2.75) is 26.4 Å². The molecule has 0 saturated carbocycles. The minimum atomic E-state index is 0.453. The monoisotopic (exact) mass is 247 g/mol. The van der Waals surface area contributed by atoms with E-state index in [0.29, 0.717) is 6.04 Å². The van der Waals surface area contributed by atoms with E-state index in [1.165, 1.54) is 11.3 Å². The van der Waals surface area contributed by atoms with Gasteiger partial charge in [0, 0.05) is 23.7 Å². The predicted octanol–water partition coefficient (Wildman–Crippen LogP) is 3.81. The Morgan fingerprint density at radius 3 is 2.32 bits per heavy atom. The molecule has 0 amide bonds. The first-order chi connectivity index (χ1) is 9.25. The van der Waals surface area contributed by atoms with Gasteiger partial charge in [0.1, 0.15) is 0 Å². The molecule has 1 aliphatic rings. The van der Waals surface area contributed by atoms with Crippen LogP contribution in [0.1, 0.15) is 30.5 Å². The van der Waals surface area contributed by atoms with Gasteiger partial charge in [-0.3, -0.25) is 0 Å². The van der Waals surface area contributed by atoms with Crippen molar-refractivity contribution in [3.8, 4) is 11.8 Å². The molecule has 0 unspecified atom stereocenters. The van der Waals surface area contributed by atoms with Gasteiger partial charge in [0.05, 0.1) is 5.69 Å². The zero-order valence-electron chi connectivity index (χ0n) is 11.4. The molecule has 0 bridgehead atoms. The Hall–Kier alpha value is -2.20. The lowest BCUT2D eigenvalue weighted by Crippen LogP contribution is -2.31. The molecule has 0 spiro atoms. The largest absolute Gasteiger partial charge is 0.364 e. The molecule has 0 N–H and O–H groups in total. The summed E-state index contributed by atoms with van der Waals surface area (Å²) in [5.74, 6) is 6.62. The van der Waals surface area contributed by atoms with E-state index in [9.17, 15) is 0 Å². The smallest absolute Gasteiger partial charge is 0.0530 e. The second kappa shape index (κ2) is 4.82. The molecule has 1 heterocycles. The van der Waals surface area contributed by atoms with Crippen LogP contribution >= 0.6 is 0 Å². The maximum absolute atomic E-state index is 3.31. The van der Waals surface area contributed by atoms with Gasteiger partial charge in [-0.05, 0) is 37.6 Å². The third-order valence-corrected chi connectivity index (χ3v) is 3.53. The summed E-state index contributed by atoms with van der Waals surface area (Å²) in [5, 5.41) is 0. The molecular weight excluding hydrogens is 230 g/mol. The molecule has 0 aromatic heterocycles. The van der Waals surface area contributed by atoms with E-state index in [1.807, 2.05) is 0 Å². The normalized spacial score (nSPS) is 12.9. The molecule has 2 aromatic rings. The standard InChI is InChI=1S/C18H17N/c1-14(2)19-13-17-9-4-3-7-15(17)11-12-16-8-5-6-10-18(16)19/h3-10,14H,13H2,1-2H3. The van der Waals surface area contributed by atoms with Crippen LogP contribution in [0.25, 0.3) is 0 Å². The minimum Gasteiger partial charge on any atom is -0.364 e. The Kier molecular flexibility index (Phi) is 3.01.